The van der Waals surface area contributed by atoms with Crippen molar-refractivity contribution in [1.29, 1.82) is 0 Å². The van der Waals surface area contributed by atoms with E-state index in [-0.39, 0.29) is 10.8 Å². The Morgan fingerprint density at radius 1 is 1.08 bits per heavy atom. The summed E-state index contributed by atoms with van der Waals surface area (Å²) in [7, 11) is -3.79. The highest BCUT2D eigenvalue weighted by molar-refractivity contribution is 7.92. The third-order valence-corrected chi connectivity index (χ3v) is 4.80. The average Bonchev–Trinajstić information content (AvgIpc) is 2.55. The van der Waals surface area contributed by atoms with Crippen molar-refractivity contribution in [2.45, 2.75) is 18.7 Å². The van der Waals surface area contributed by atoms with E-state index in [1.807, 2.05) is 0 Å². The summed E-state index contributed by atoms with van der Waals surface area (Å²) in [6, 6.07) is 10.6. The molecule has 0 aromatic heterocycles. The van der Waals surface area contributed by atoms with E-state index in [2.05, 4.69) is 10.0 Å². The molecule has 26 heavy (non-hydrogen) atoms. The lowest BCUT2D eigenvalue weighted by Crippen LogP contribution is -2.13. The van der Waals surface area contributed by atoms with Crippen molar-refractivity contribution < 1.29 is 23.1 Å². The molecule has 3 N–H and O–H groups in total. The van der Waals surface area contributed by atoms with Crippen LogP contribution in [0.1, 0.15) is 18.1 Å². The molecule has 0 spiro atoms. The molecule has 0 radical (unpaired) electrons. The van der Waals surface area contributed by atoms with Crippen LogP contribution in [-0.4, -0.2) is 25.4 Å². The predicted molar refractivity (Wildman–Crippen MR) is 99.4 cm³/mol. The fourth-order valence-electron chi connectivity index (χ4n) is 2.20. The number of carboxylic acid groups (broad SMARTS) is 1. The lowest BCUT2D eigenvalue weighted by Gasteiger charge is -2.11. The molecule has 0 aliphatic carbocycles. The number of carbonyl (C=O) groups excluding carboxylic acids is 1. The van der Waals surface area contributed by atoms with E-state index in [1.165, 1.54) is 37.3 Å². The minimum Gasteiger partial charge on any atom is -0.478 e. The Morgan fingerprint density at radius 2 is 1.73 bits per heavy atom. The zero-order chi connectivity index (χ0) is 19.3. The highest BCUT2D eigenvalue weighted by atomic mass is 32.2. The normalized spacial score (nSPS) is 11.3. The van der Waals surface area contributed by atoms with Crippen LogP contribution in [-0.2, 0) is 19.6 Å². The van der Waals surface area contributed by atoms with Crippen LogP contribution in [0.25, 0.3) is 6.08 Å². The van der Waals surface area contributed by atoms with Crippen LogP contribution in [0.2, 0.25) is 0 Å². The molecule has 0 saturated heterocycles. The molecule has 136 valence electrons. The molecule has 0 atom stereocenters. The molecule has 0 bridgehead atoms. The van der Waals surface area contributed by atoms with E-state index < -0.39 is 16.0 Å². The van der Waals surface area contributed by atoms with Crippen LogP contribution in [0.3, 0.4) is 0 Å². The SMILES string of the molecule is CC(=O)Nc1ccc(NS(=O)(=O)c2ccc(/C=C/C(=O)O)cc2)cc1C. The van der Waals surface area contributed by atoms with Gasteiger partial charge in [0.2, 0.25) is 5.91 Å². The van der Waals surface area contributed by atoms with E-state index in [0.717, 1.165) is 11.6 Å². The number of benzene rings is 2. The smallest absolute Gasteiger partial charge is 0.328 e. The number of amides is 1. The van der Waals surface area contributed by atoms with E-state index in [4.69, 9.17) is 5.11 Å². The highest BCUT2D eigenvalue weighted by Gasteiger charge is 2.14. The number of nitrogens with one attached hydrogen (secondary N) is 2. The maximum atomic E-state index is 12.5. The molecule has 0 unspecified atom stereocenters. The lowest BCUT2D eigenvalue weighted by atomic mass is 10.2. The Labute approximate surface area is 151 Å². The monoisotopic (exact) mass is 374 g/mol. The molecule has 0 aliphatic heterocycles. The number of hydrogen-bond donors (Lipinski definition) is 3. The standard InChI is InChI=1S/C18H18N2O5S/c1-12-11-15(6-9-17(12)19-13(2)21)20-26(24,25)16-7-3-14(4-8-16)5-10-18(22)23/h3-11,20H,1-2H3,(H,19,21)(H,22,23)/b10-5+. The molecule has 0 saturated carbocycles. The van der Waals surface area contributed by atoms with Crippen LogP contribution >= 0.6 is 0 Å². The summed E-state index contributed by atoms with van der Waals surface area (Å²) < 4.78 is 27.4. The van der Waals surface area contributed by atoms with Crippen LogP contribution in [0, 0.1) is 6.92 Å². The number of rotatable bonds is 6. The van der Waals surface area contributed by atoms with Crippen molar-refractivity contribution in [3.63, 3.8) is 0 Å². The van der Waals surface area contributed by atoms with Gasteiger partial charge in [-0.05, 0) is 54.5 Å². The second kappa shape index (κ2) is 7.83. The number of aliphatic carboxylic acids is 1. The first kappa shape index (κ1) is 19.2. The van der Waals surface area contributed by atoms with Gasteiger partial charge < -0.3 is 10.4 Å². The lowest BCUT2D eigenvalue weighted by molar-refractivity contribution is -0.131. The molecule has 0 fully saturated rings. The molecule has 0 heterocycles. The van der Waals surface area contributed by atoms with E-state index in [0.29, 0.717) is 16.9 Å². The quantitative estimate of drug-likeness (QED) is 0.673. The van der Waals surface area contributed by atoms with Crippen molar-refractivity contribution in [3.05, 3.63) is 59.7 Å². The van der Waals surface area contributed by atoms with Gasteiger partial charge in [0.05, 0.1) is 4.90 Å². The van der Waals surface area contributed by atoms with Gasteiger partial charge in [-0.2, -0.15) is 0 Å². The molecule has 2 rings (SSSR count). The van der Waals surface area contributed by atoms with Gasteiger partial charge in [0, 0.05) is 24.4 Å². The molecule has 0 aliphatic rings. The van der Waals surface area contributed by atoms with E-state index in [1.54, 1.807) is 25.1 Å². The van der Waals surface area contributed by atoms with Gasteiger partial charge in [-0.1, -0.05) is 12.1 Å². The summed E-state index contributed by atoms with van der Waals surface area (Å²) >= 11 is 0. The summed E-state index contributed by atoms with van der Waals surface area (Å²) in [5.74, 6) is -1.29. The van der Waals surface area contributed by atoms with Crippen LogP contribution in [0.15, 0.2) is 53.4 Å². The van der Waals surface area contributed by atoms with Gasteiger partial charge in [0.25, 0.3) is 10.0 Å². The Bertz CT molecular complexity index is 964. The van der Waals surface area contributed by atoms with Gasteiger partial charge in [0.15, 0.2) is 0 Å². The third kappa shape index (κ3) is 5.18. The molecular weight excluding hydrogens is 356 g/mol. The maximum absolute atomic E-state index is 12.5. The van der Waals surface area contributed by atoms with Crippen LogP contribution < -0.4 is 10.0 Å². The zero-order valence-electron chi connectivity index (χ0n) is 14.2. The number of sulfonamides is 1. The average molecular weight is 374 g/mol. The minimum atomic E-state index is -3.79. The van der Waals surface area contributed by atoms with Crippen molar-refractivity contribution in [3.8, 4) is 0 Å². The van der Waals surface area contributed by atoms with Crippen LogP contribution in [0.5, 0.6) is 0 Å². The highest BCUT2D eigenvalue weighted by Crippen LogP contribution is 2.22. The summed E-state index contributed by atoms with van der Waals surface area (Å²) in [6.45, 7) is 3.15. The van der Waals surface area contributed by atoms with Gasteiger partial charge in [-0.3, -0.25) is 9.52 Å². The van der Waals surface area contributed by atoms with Gasteiger partial charge >= 0.3 is 5.97 Å². The Balaban J connectivity index is 2.19. The summed E-state index contributed by atoms with van der Waals surface area (Å²) in [5.41, 5.74) is 2.26. The number of anilines is 2. The minimum absolute atomic E-state index is 0.0496. The second-order valence-corrected chi connectivity index (χ2v) is 7.24. The second-order valence-electron chi connectivity index (χ2n) is 5.56. The first-order valence-corrected chi connectivity index (χ1v) is 9.08. The fraction of sp³-hybridized carbons (Fsp3) is 0.111. The molecule has 8 heteroatoms. The largest absolute Gasteiger partial charge is 0.478 e. The van der Waals surface area contributed by atoms with Crippen molar-refractivity contribution >= 4 is 39.4 Å². The molecule has 2 aromatic rings. The topological polar surface area (TPSA) is 113 Å². The Morgan fingerprint density at radius 3 is 2.27 bits per heavy atom. The number of carbonyl (C=O) groups is 2. The predicted octanol–water partition coefficient (Wildman–Crippen LogP) is 2.85. The first-order valence-electron chi connectivity index (χ1n) is 7.59. The number of aryl methyl sites for hydroxylation is 1. The molecule has 2 aromatic carbocycles. The van der Waals surface area contributed by atoms with Crippen LogP contribution in [0.4, 0.5) is 11.4 Å². The maximum Gasteiger partial charge on any atom is 0.328 e. The number of hydrogen-bond acceptors (Lipinski definition) is 4. The summed E-state index contributed by atoms with van der Waals surface area (Å²) in [4.78, 5) is 21.7. The van der Waals surface area contributed by atoms with E-state index >= 15 is 0 Å². The molecular formula is C18H18N2O5S. The summed E-state index contributed by atoms with van der Waals surface area (Å²) in [6.07, 6.45) is 2.34. The Hall–Kier alpha value is -3.13. The van der Waals surface area contributed by atoms with Gasteiger partial charge in [-0.25, -0.2) is 13.2 Å². The van der Waals surface area contributed by atoms with Crippen molar-refractivity contribution in [2.24, 2.45) is 0 Å². The third-order valence-electron chi connectivity index (χ3n) is 3.40. The molecule has 7 nitrogen and oxygen atoms in total. The van der Waals surface area contributed by atoms with E-state index in [9.17, 15) is 18.0 Å². The zero-order valence-corrected chi connectivity index (χ0v) is 15.0. The van der Waals surface area contributed by atoms with Crippen molar-refractivity contribution in [2.75, 3.05) is 10.0 Å². The van der Waals surface area contributed by atoms with Crippen molar-refractivity contribution in [1.82, 2.24) is 0 Å². The Kier molecular flexibility index (Phi) is 5.78. The van der Waals surface area contributed by atoms with Gasteiger partial charge in [-0.15, -0.1) is 0 Å². The fourth-order valence-corrected chi connectivity index (χ4v) is 3.25. The first-order chi connectivity index (χ1) is 12.2. The van der Waals surface area contributed by atoms with Gasteiger partial charge in [0.1, 0.15) is 0 Å². The molecule has 1 amide bonds. The number of carboxylic acids is 1. The summed E-state index contributed by atoms with van der Waals surface area (Å²) in [5, 5.41) is 11.3.